The molecule has 1 atom stereocenters. The summed E-state index contributed by atoms with van der Waals surface area (Å²) in [7, 11) is 1.58. The first-order valence-corrected chi connectivity index (χ1v) is 4.52. The lowest BCUT2D eigenvalue weighted by Gasteiger charge is -2.16. The minimum Gasteiger partial charge on any atom is -0.313 e. The van der Waals surface area contributed by atoms with Gasteiger partial charge in [-0.25, -0.2) is 13.2 Å². The maximum absolute atomic E-state index is 13.3. The summed E-state index contributed by atoms with van der Waals surface area (Å²) in [6.45, 7) is 3.49. The molecule has 0 aliphatic rings. The van der Waals surface area contributed by atoms with E-state index in [4.69, 9.17) is 0 Å². The van der Waals surface area contributed by atoms with Gasteiger partial charge < -0.3 is 5.32 Å². The second-order valence-electron chi connectivity index (χ2n) is 3.15. The van der Waals surface area contributed by atoms with Gasteiger partial charge in [-0.05, 0) is 13.5 Å². The standard InChI is InChI=1S/C11H12F3N/c1-3-4-10(15-2)11-8(13)5-7(12)6-9(11)14/h3,5-6,10,15H,1,4H2,2H3. The van der Waals surface area contributed by atoms with Crippen molar-refractivity contribution >= 4 is 0 Å². The maximum atomic E-state index is 13.3. The van der Waals surface area contributed by atoms with Gasteiger partial charge in [0.2, 0.25) is 0 Å². The Morgan fingerprint density at radius 3 is 2.27 bits per heavy atom. The van der Waals surface area contributed by atoms with Crippen LogP contribution >= 0.6 is 0 Å². The van der Waals surface area contributed by atoms with Crippen LogP contribution in [0.25, 0.3) is 0 Å². The molecule has 1 rings (SSSR count). The summed E-state index contributed by atoms with van der Waals surface area (Å²) in [6, 6.07) is 0.820. The summed E-state index contributed by atoms with van der Waals surface area (Å²) in [5.74, 6) is -2.68. The molecule has 0 radical (unpaired) electrons. The highest BCUT2D eigenvalue weighted by molar-refractivity contribution is 5.24. The molecule has 0 heterocycles. The Morgan fingerprint density at radius 1 is 1.33 bits per heavy atom. The number of rotatable bonds is 4. The molecule has 0 bridgehead atoms. The molecule has 4 heteroatoms. The number of nitrogens with one attached hydrogen (secondary N) is 1. The van der Waals surface area contributed by atoms with Gasteiger partial charge in [-0.1, -0.05) is 6.08 Å². The van der Waals surface area contributed by atoms with Crippen LogP contribution in [-0.2, 0) is 0 Å². The molecule has 0 spiro atoms. The Balaban J connectivity index is 3.16. The lowest BCUT2D eigenvalue weighted by Crippen LogP contribution is -2.18. The highest BCUT2D eigenvalue weighted by Crippen LogP contribution is 2.24. The minimum atomic E-state index is -0.915. The average molecular weight is 215 g/mol. The van der Waals surface area contributed by atoms with E-state index in [-0.39, 0.29) is 5.56 Å². The fourth-order valence-corrected chi connectivity index (χ4v) is 1.43. The van der Waals surface area contributed by atoms with E-state index in [1.54, 1.807) is 13.1 Å². The first kappa shape index (κ1) is 11.8. The van der Waals surface area contributed by atoms with E-state index >= 15 is 0 Å². The number of hydrogen-bond acceptors (Lipinski definition) is 1. The summed E-state index contributed by atoms with van der Waals surface area (Å²) in [4.78, 5) is 0. The molecule has 1 nitrogen and oxygen atoms in total. The molecule has 0 amide bonds. The Kier molecular flexibility index (Phi) is 3.91. The minimum absolute atomic E-state index is 0.154. The van der Waals surface area contributed by atoms with Crippen molar-refractivity contribution in [1.29, 1.82) is 0 Å². The van der Waals surface area contributed by atoms with Crippen molar-refractivity contribution in [2.75, 3.05) is 7.05 Å². The molecule has 1 aromatic carbocycles. The SMILES string of the molecule is C=CCC(NC)c1c(F)cc(F)cc1F. The summed E-state index contributed by atoms with van der Waals surface area (Å²) < 4.78 is 39.3. The van der Waals surface area contributed by atoms with Crippen LogP contribution in [0.5, 0.6) is 0 Å². The van der Waals surface area contributed by atoms with E-state index < -0.39 is 23.5 Å². The van der Waals surface area contributed by atoms with Crippen molar-refractivity contribution in [3.05, 3.63) is 47.8 Å². The molecule has 0 aliphatic carbocycles. The van der Waals surface area contributed by atoms with Gasteiger partial charge in [-0.15, -0.1) is 6.58 Å². The number of hydrogen-bond donors (Lipinski definition) is 1. The number of halogens is 3. The topological polar surface area (TPSA) is 12.0 Å². The van der Waals surface area contributed by atoms with E-state index in [2.05, 4.69) is 11.9 Å². The van der Waals surface area contributed by atoms with E-state index in [1.807, 2.05) is 0 Å². The average Bonchev–Trinajstić information content (AvgIpc) is 2.14. The van der Waals surface area contributed by atoms with Crippen molar-refractivity contribution in [3.8, 4) is 0 Å². The highest BCUT2D eigenvalue weighted by Gasteiger charge is 2.18. The van der Waals surface area contributed by atoms with Gasteiger partial charge in [-0.3, -0.25) is 0 Å². The second-order valence-corrected chi connectivity index (χ2v) is 3.15. The summed E-state index contributed by atoms with van der Waals surface area (Å²) in [5, 5.41) is 2.75. The van der Waals surface area contributed by atoms with Gasteiger partial charge >= 0.3 is 0 Å². The fraction of sp³-hybridized carbons (Fsp3) is 0.273. The summed E-state index contributed by atoms with van der Waals surface area (Å²) in [6.07, 6.45) is 1.92. The van der Waals surface area contributed by atoms with E-state index in [1.165, 1.54) is 0 Å². The Bertz CT molecular complexity index is 340. The number of benzene rings is 1. The maximum Gasteiger partial charge on any atom is 0.133 e. The zero-order chi connectivity index (χ0) is 11.4. The van der Waals surface area contributed by atoms with Crippen LogP contribution in [-0.4, -0.2) is 7.05 Å². The quantitative estimate of drug-likeness (QED) is 0.761. The molecule has 1 N–H and O–H groups in total. The monoisotopic (exact) mass is 215 g/mol. The molecule has 82 valence electrons. The van der Waals surface area contributed by atoms with Gasteiger partial charge in [0.15, 0.2) is 0 Å². The van der Waals surface area contributed by atoms with Gasteiger partial charge in [0.05, 0.1) is 0 Å². The van der Waals surface area contributed by atoms with Gasteiger partial charge in [0, 0.05) is 23.7 Å². The van der Waals surface area contributed by atoms with E-state index in [0.717, 1.165) is 0 Å². The third kappa shape index (κ3) is 2.59. The molecule has 0 saturated heterocycles. The molecule has 1 unspecified atom stereocenters. The Morgan fingerprint density at radius 2 is 1.87 bits per heavy atom. The molecule has 0 fully saturated rings. The molecule has 0 aliphatic heterocycles. The van der Waals surface area contributed by atoms with Crippen LogP contribution in [0, 0.1) is 17.5 Å². The molecule has 15 heavy (non-hydrogen) atoms. The zero-order valence-corrected chi connectivity index (χ0v) is 8.36. The second kappa shape index (κ2) is 4.98. The third-order valence-electron chi connectivity index (χ3n) is 2.14. The van der Waals surface area contributed by atoms with Gasteiger partial charge in [-0.2, -0.15) is 0 Å². The van der Waals surface area contributed by atoms with E-state index in [0.29, 0.717) is 18.6 Å². The van der Waals surface area contributed by atoms with Crippen molar-refractivity contribution in [2.45, 2.75) is 12.5 Å². The van der Waals surface area contributed by atoms with Crippen LogP contribution in [0.3, 0.4) is 0 Å². The fourth-order valence-electron chi connectivity index (χ4n) is 1.43. The molecule has 1 aromatic rings. The highest BCUT2D eigenvalue weighted by atomic mass is 19.1. The summed E-state index contributed by atoms with van der Waals surface area (Å²) in [5.41, 5.74) is -0.154. The van der Waals surface area contributed by atoms with Crippen molar-refractivity contribution in [2.24, 2.45) is 0 Å². The Labute approximate surface area is 86.6 Å². The lowest BCUT2D eigenvalue weighted by atomic mass is 10.0. The Hall–Kier alpha value is -1.29. The predicted molar refractivity (Wildman–Crippen MR) is 52.9 cm³/mol. The van der Waals surface area contributed by atoms with Crippen LogP contribution in [0.15, 0.2) is 24.8 Å². The van der Waals surface area contributed by atoms with Gasteiger partial charge in [0.1, 0.15) is 17.5 Å². The van der Waals surface area contributed by atoms with Crippen molar-refractivity contribution in [3.63, 3.8) is 0 Å². The molecular formula is C11H12F3N. The molecular weight excluding hydrogens is 203 g/mol. The third-order valence-corrected chi connectivity index (χ3v) is 2.14. The molecule has 0 aromatic heterocycles. The largest absolute Gasteiger partial charge is 0.313 e. The predicted octanol–water partition coefficient (Wildman–Crippen LogP) is 2.94. The first-order chi connectivity index (χ1) is 7.10. The zero-order valence-electron chi connectivity index (χ0n) is 8.36. The molecule has 0 saturated carbocycles. The van der Waals surface area contributed by atoms with Crippen LogP contribution in [0.1, 0.15) is 18.0 Å². The van der Waals surface area contributed by atoms with Crippen LogP contribution in [0.2, 0.25) is 0 Å². The smallest absolute Gasteiger partial charge is 0.133 e. The summed E-state index contributed by atoms with van der Waals surface area (Å²) >= 11 is 0. The lowest BCUT2D eigenvalue weighted by molar-refractivity contribution is 0.478. The van der Waals surface area contributed by atoms with Crippen molar-refractivity contribution < 1.29 is 13.2 Å². The van der Waals surface area contributed by atoms with Gasteiger partial charge in [0.25, 0.3) is 0 Å². The first-order valence-electron chi connectivity index (χ1n) is 4.52. The van der Waals surface area contributed by atoms with E-state index in [9.17, 15) is 13.2 Å². The van der Waals surface area contributed by atoms with Crippen LogP contribution in [0.4, 0.5) is 13.2 Å². The van der Waals surface area contributed by atoms with Crippen LogP contribution < -0.4 is 5.32 Å². The van der Waals surface area contributed by atoms with Crippen molar-refractivity contribution in [1.82, 2.24) is 5.32 Å². The normalized spacial score (nSPS) is 12.5.